The Kier molecular flexibility index (Phi) is 4.63. The molecule has 2 aromatic carbocycles. The van der Waals surface area contributed by atoms with Crippen molar-refractivity contribution in [3.8, 4) is 22.3 Å². The molecule has 142 valence electrons. The van der Waals surface area contributed by atoms with Crippen LogP contribution in [0.5, 0.6) is 5.75 Å². The number of thiocyanates is 1. The summed E-state index contributed by atoms with van der Waals surface area (Å²) < 4.78 is 7.30. The Labute approximate surface area is 172 Å². The van der Waals surface area contributed by atoms with Gasteiger partial charge in [-0.25, -0.2) is 4.98 Å². The highest BCUT2D eigenvalue weighted by atomic mass is 32.2. The molecule has 0 amide bonds. The van der Waals surface area contributed by atoms with Crippen molar-refractivity contribution in [2.45, 2.75) is 23.8 Å². The minimum atomic E-state index is 0.309. The third kappa shape index (κ3) is 3.32. The van der Waals surface area contributed by atoms with Crippen molar-refractivity contribution in [2.75, 3.05) is 25.4 Å². The fourth-order valence-electron chi connectivity index (χ4n) is 4.25. The summed E-state index contributed by atoms with van der Waals surface area (Å²) in [5, 5.41) is 11.8. The Bertz CT molecular complexity index is 1050. The van der Waals surface area contributed by atoms with Crippen LogP contribution in [0.4, 0.5) is 5.13 Å². The number of fused-ring (bicyclic) bond motifs is 4. The van der Waals surface area contributed by atoms with E-state index in [0.717, 1.165) is 50.3 Å². The van der Waals surface area contributed by atoms with E-state index in [0.29, 0.717) is 17.2 Å². The molecule has 5 nitrogen and oxygen atoms in total. The first-order valence-electron chi connectivity index (χ1n) is 9.45. The summed E-state index contributed by atoms with van der Waals surface area (Å²) >= 11 is 2.57. The number of aromatic nitrogens is 1. The summed E-state index contributed by atoms with van der Waals surface area (Å²) in [5.74, 6) is 1.62. The van der Waals surface area contributed by atoms with Gasteiger partial charge in [-0.05, 0) is 79.0 Å². The smallest absolute Gasteiger partial charge is 0.181 e. The Hall–Kier alpha value is -2.27. The second kappa shape index (κ2) is 7.28. The maximum Gasteiger partial charge on any atom is 0.181 e. The summed E-state index contributed by atoms with van der Waals surface area (Å²) in [7, 11) is 0. The van der Waals surface area contributed by atoms with E-state index in [1.807, 2.05) is 6.07 Å². The first kappa shape index (κ1) is 17.8. The average molecular weight is 409 g/mol. The molecular formula is C21H20N4OS2. The van der Waals surface area contributed by atoms with Gasteiger partial charge in [0.25, 0.3) is 0 Å². The second-order valence-corrected chi connectivity index (χ2v) is 9.27. The van der Waals surface area contributed by atoms with Crippen molar-refractivity contribution in [3.63, 3.8) is 0 Å². The van der Waals surface area contributed by atoms with E-state index >= 15 is 0 Å². The number of nitriles is 1. The van der Waals surface area contributed by atoms with Gasteiger partial charge in [-0.15, -0.1) is 0 Å². The molecule has 6 rings (SSSR count). The van der Waals surface area contributed by atoms with Crippen LogP contribution in [0.2, 0.25) is 0 Å². The van der Waals surface area contributed by atoms with Crippen LogP contribution in [0.25, 0.3) is 21.3 Å². The number of nitrogen functional groups attached to an aromatic ring is 1. The van der Waals surface area contributed by atoms with Crippen LogP contribution in [0.15, 0.2) is 41.3 Å². The highest BCUT2D eigenvalue weighted by Crippen LogP contribution is 2.37. The van der Waals surface area contributed by atoms with Gasteiger partial charge in [0, 0.05) is 6.54 Å². The number of benzene rings is 2. The Morgan fingerprint density at radius 3 is 2.64 bits per heavy atom. The Morgan fingerprint density at radius 1 is 1.18 bits per heavy atom. The van der Waals surface area contributed by atoms with E-state index in [-0.39, 0.29) is 0 Å². The minimum Gasteiger partial charge on any atom is -0.489 e. The quantitative estimate of drug-likeness (QED) is 0.503. The van der Waals surface area contributed by atoms with E-state index in [9.17, 15) is 0 Å². The maximum absolute atomic E-state index is 9.12. The Balaban J connectivity index is 1.40. The third-order valence-corrected chi connectivity index (χ3v) is 7.16. The van der Waals surface area contributed by atoms with Crippen LogP contribution in [0.1, 0.15) is 12.8 Å². The predicted octanol–water partition coefficient (Wildman–Crippen LogP) is 4.59. The fraction of sp³-hybridized carbons (Fsp3) is 0.333. The molecule has 3 fully saturated rings. The van der Waals surface area contributed by atoms with Crippen molar-refractivity contribution in [3.05, 3.63) is 36.4 Å². The molecule has 2 bridgehead atoms. The molecule has 28 heavy (non-hydrogen) atoms. The van der Waals surface area contributed by atoms with E-state index in [4.69, 9.17) is 15.7 Å². The van der Waals surface area contributed by atoms with Crippen molar-refractivity contribution >= 4 is 38.4 Å². The number of hydrogen-bond acceptors (Lipinski definition) is 7. The van der Waals surface area contributed by atoms with Crippen LogP contribution in [-0.2, 0) is 0 Å². The lowest BCUT2D eigenvalue weighted by molar-refractivity contribution is -0.00775. The molecule has 0 radical (unpaired) electrons. The van der Waals surface area contributed by atoms with Crippen molar-refractivity contribution in [1.29, 1.82) is 5.26 Å². The molecule has 0 saturated carbocycles. The van der Waals surface area contributed by atoms with E-state index in [1.165, 1.54) is 37.3 Å². The van der Waals surface area contributed by atoms with Crippen LogP contribution in [0.3, 0.4) is 0 Å². The number of piperidine rings is 3. The number of nitrogens with zero attached hydrogens (tertiary/aromatic N) is 3. The topological polar surface area (TPSA) is 75.2 Å². The van der Waals surface area contributed by atoms with Gasteiger partial charge in [0.05, 0.1) is 15.1 Å². The van der Waals surface area contributed by atoms with Crippen LogP contribution in [-0.4, -0.2) is 35.6 Å². The van der Waals surface area contributed by atoms with Crippen molar-refractivity contribution < 1.29 is 4.74 Å². The number of thiazole rings is 1. The van der Waals surface area contributed by atoms with Crippen LogP contribution in [0, 0.1) is 16.6 Å². The van der Waals surface area contributed by atoms with Gasteiger partial charge in [-0.2, -0.15) is 5.26 Å². The molecule has 0 spiro atoms. The van der Waals surface area contributed by atoms with Gasteiger partial charge in [0.15, 0.2) is 5.13 Å². The lowest BCUT2D eigenvalue weighted by Crippen LogP contribution is -2.52. The van der Waals surface area contributed by atoms with Gasteiger partial charge >= 0.3 is 0 Å². The van der Waals surface area contributed by atoms with E-state index in [2.05, 4.69) is 45.6 Å². The third-order valence-electron chi connectivity index (χ3n) is 5.70. The van der Waals surface area contributed by atoms with Crippen molar-refractivity contribution in [1.82, 2.24) is 9.88 Å². The molecule has 3 aliphatic heterocycles. The molecule has 2 N–H and O–H groups in total. The molecular weight excluding hydrogens is 388 g/mol. The minimum absolute atomic E-state index is 0.309. The lowest BCUT2D eigenvalue weighted by Gasteiger charge is -2.44. The number of thioether (sulfide) groups is 1. The average Bonchev–Trinajstić information content (AvgIpc) is 3.10. The summed E-state index contributed by atoms with van der Waals surface area (Å²) in [6.45, 7) is 3.48. The fourth-order valence-corrected chi connectivity index (χ4v) is 5.66. The van der Waals surface area contributed by atoms with Crippen LogP contribution < -0.4 is 10.5 Å². The molecule has 1 aromatic heterocycles. The standard InChI is InChI=1S/C21H20N4OS2/c22-12-27-18-9-15(10-19-20(18)24-21(23)28-19)13-1-3-16(4-2-13)26-17-11-25-7-5-14(17)6-8-25/h1-4,9-10,14,17H,5-8,11H2,(H2,23,24)/t17-/m0/s1. The number of rotatable bonds is 4. The first-order chi connectivity index (χ1) is 13.7. The maximum atomic E-state index is 9.12. The van der Waals surface area contributed by atoms with Gasteiger partial charge in [0.2, 0.25) is 0 Å². The molecule has 7 heteroatoms. The van der Waals surface area contributed by atoms with E-state index < -0.39 is 0 Å². The molecule has 4 heterocycles. The zero-order valence-corrected chi connectivity index (χ0v) is 16.9. The lowest BCUT2D eigenvalue weighted by atomic mass is 9.86. The largest absolute Gasteiger partial charge is 0.489 e. The van der Waals surface area contributed by atoms with Crippen LogP contribution >= 0.6 is 23.1 Å². The number of hydrogen-bond donors (Lipinski definition) is 1. The normalized spacial score (nSPS) is 23.6. The van der Waals surface area contributed by atoms with Gasteiger partial charge in [0.1, 0.15) is 17.3 Å². The highest BCUT2D eigenvalue weighted by molar-refractivity contribution is 8.04. The van der Waals surface area contributed by atoms with Gasteiger partial charge in [-0.3, -0.25) is 4.90 Å². The number of anilines is 1. The first-order valence-corrected chi connectivity index (χ1v) is 11.1. The molecule has 0 unspecified atom stereocenters. The monoisotopic (exact) mass is 408 g/mol. The molecule has 3 saturated heterocycles. The van der Waals surface area contributed by atoms with Gasteiger partial charge in [-0.1, -0.05) is 23.5 Å². The summed E-state index contributed by atoms with van der Waals surface area (Å²) in [4.78, 5) is 7.71. The van der Waals surface area contributed by atoms with E-state index in [1.54, 1.807) is 0 Å². The zero-order chi connectivity index (χ0) is 19.1. The SMILES string of the molecule is N#CSc1cc(-c2ccc(O[C@H]3CN4CCC3CC4)cc2)cc2sc(N)nc12. The number of nitrogens with two attached hydrogens (primary N) is 1. The molecule has 0 aliphatic carbocycles. The zero-order valence-electron chi connectivity index (χ0n) is 15.3. The van der Waals surface area contributed by atoms with Gasteiger partial charge < -0.3 is 10.5 Å². The number of ether oxygens (including phenoxy) is 1. The second-order valence-electron chi connectivity index (χ2n) is 7.39. The summed E-state index contributed by atoms with van der Waals surface area (Å²) in [6.07, 6.45) is 2.81. The summed E-state index contributed by atoms with van der Waals surface area (Å²) in [5.41, 5.74) is 8.83. The molecule has 3 aromatic rings. The molecule has 1 atom stereocenters. The van der Waals surface area contributed by atoms with Crippen molar-refractivity contribution in [2.24, 2.45) is 5.92 Å². The molecule has 3 aliphatic rings. The predicted molar refractivity (Wildman–Crippen MR) is 115 cm³/mol. The highest BCUT2D eigenvalue weighted by Gasteiger charge is 2.35. The summed E-state index contributed by atoms with van der Waals surface area (Å²) in [6, 6.07) is 12.4. The Morgan fingerprint density at radius 2 is 1.96 bits per heavy atom.